The zero-order valence-electron chi connectivity index (χ0n) is 11.9. The van der Waals surface area contributed by atoms with Crippen molar-refractivity contribution in [2.45, 2.75) is 31.6 Å². The molecule has 0 bridgehead atoms. The summed E-state index contributed by atoms with van der Waals surface area (Å²) in [5.41, 5.74) is 2.82. The predicted octanol–water partition coefficient (Wildman–Crippen LogP) is 5.67. The molecule has 0 radical (unpaired) electrons. The molecule has 102 valence electrons. The van der Waals surface area contributed by atoms with E-state index in [1.807, 2.05) is 0 Å². The van der Waals surface area contributed by atoms with Gasteiger partial charge in [0.2, 0.25) is 0 Å². The van der Waals surface area contributed by atoms with Crippen molar-refractivity contribution < 1.29 is 0 Å². The maximum absolute atomic E-state index is 2.44. The van der Waals surface area contributed by atoms with E-state index in [2.05, 4.69) is 72.8 Å². The van der Waals surface area contributed by atoms with Gasteiger partial charge in [0.25, 0.3) is 0 Å². The molecule has 1 saturated carbocycles. The van der Waals surface area contributed by atoms with Crippen LogP contribution in [0.3, 0.4) is 0 Å². The van der Waals surface area contributed by atoms with Gasteiger partial charge in [0.1, 0.15) is 0 Å². The molecule has 1 fully saturated rings. The second kappa shape index (κ2) is 6.56. The van der Waals surface area contributed by atoms with E-state index in [1.54, 1.807) is 0 Å². The maximum Gasteiger partial charge on any atom is -0.00989 e. The van der Waals surface area contributed by atoms with E-state index in [0.717, 1.165) is 0 Å². The molecule has 0 N–H and O–H groups in total. The molecule has 0 nitrogen and oxygen atoms in total. The second-order valence-corrected chi connectivity index (χ2v) is 5.74. The summed E-state index contributed by atoms with van der Waals surface area (Å²) in [6, 6.07) is 21.7. The van der Waals surface area contributed by atoms with E-state index in [4.69, 9.17) is 0 Å². The molecule has 2 aromatic carbocycles. The standard InChI is InChI=1S/C20H22/c1-3-9-17(10-4-1)15-16-19-13-7-8-14-20(19)18-11-5-2-6-12-18/h1-6,9-12,15-16,19-20H,7-8,13-14H2/b16-15+. The van der Waals surface area contributed by atoms with Crippen LogP contribution in [0, 0.1) is 5.92 Å². The molecule has 0 amide bonds. The molecule has 3 rings (SSSR count). The van der Waals surface area contributed by atoms with Gasteiger partial charge >= 0.3 is 0 Å². The fraction of sp³-hybridized carbons (Fsp3) is 0.300. The van der Waals surface area contributed by atoms with Crippen molar-refractivity contribution in [2.75, 3.05) is 0 Å². The van der Waals surface area contributed by atoms with Crippen LogP contribution in [-0.4, -0.2) is 0 Å². The van der Waals surface area contributed by atoms with Crippen LogP contribution in [0.15, 0.2) is 66.7 Å². The Kier molecular flexibility index (Phi) is 4.32. The Balaban J connectivity index is 1.78. The number of allylic oxidation sites excluding steroid dienone is 1. The lowest BCUT2D eigenvalue weighted by Gasteiger charge is -2.30. The van der Waals surface area contributed by atoms with E-state index in [1.165, 1.54) is 36.8 Å². The highest BCUT2D eigenvalue weighted by molar-refractivity contribution is 5.49. The first-order chi connectivity index (χ1) is 9.93. The predicted molar refractivity (Wildman–Crippen MR) is 86.6 cm³/mol. The minimum atomic E-state index is 0.686. The van der Waals surface area contributed by atoms with Gasteiger partial charge in [-0.25, -0.2) is 0 Å². The molecule has 2 aromatic rings. The van der Waals surface area contributed by atoms with Gasteiger partial charge in [-0.1, -0.05) is 85.7 Å². The van der Waals surface area contributed by atoms with Crippen LogP contribution < -0.4 is 0 Å². The van der Waals surface area contributed by atoms with E-state index in [0.29, 0.717) is 11.8 Å². The average Bonchev–Trinajstić information content (AvgIpc) is 2.55. The van der Waals surface area contributed by atoms with Gasteiger partial charge in [0.15, 0.2) is 0 Å². The van der Waals surface area contributed by atoms with Crippen molar-refractivity contribution in [1.82, 2.24) is 0 Å². The summed E-state index contributed by atoms with van der Waals surface area (Å²) < 4.78 is 0. The highest BCUT2D eigenvalue weighted by atomic mass is 14.3. The van der Waals surface area contributed by atoms with Crippen LogP contribution in [0.25, 0.3) is 6.08 Å². The van der Waals surface area contributed by atoms with E-state index in [-0.39, 0.29) is 0 Å². The topological polar surface area (TPSA) is 0 Å². The molecule has 0 saturated heterocycles. The molecule has 0 heterocycles. The van der Waals surface area contributed by atoms with Crippen molar-refractivity contribution in [3.8, 4) is 0 Å². The van der Waals surface area contributed by atoms with Gasteiger partial charge in [-0.05, 0) is 35.8 Å². The Morgan fingerprint density at radius 3 is 2.15 bits per heavy atom. The molecular formula is C20H22. The number of hydrogen-bond donors (Lipinski definition) is 0. The van der Waals surface area contributed by atoms with Crippen LogP contribution in [-0.2, 0) is 0 Å². The monoisotopic (exact) mass is 262 g/mol. The third-order valence-electron chi connectivity index (χ3n) is 4.38. The normalized spacial score (nSPS) is 23.0. The molecule has 2 atom stereocenters. The quantitative estimate of drug-likeness (QED) is 0.668. The minimum absolute atomic E-state index is 0.686. The van der Waals surface area contributed by atoms with Gasteiger partial charge in [-0.15, -0.1) is 0 Å². The number of hydrogen-bond acceptors (Lipinski definition) is 0. The smallest absolute Gasteiger partial charge is 0.00989 e. The fourth-order valence-electron chi connectivity index (χ4n) is 3.30. The average molecular weight is 262 g/mol. The van der Waals surface area contributed by atoms with E-state index < -0.39 is 0 Å². The zero-order chi connectivity index (χ0) is 13.6. The first kappa shape index (κ1) is 13.2. The van der Waals surface area contributed by atoms with Gasteiger partial charge in [-0.2, -0.15) is 0 Å². The summed E-state index contributed by atoms with van der Waals surface area (Å²) in [6.45, 7) is 0. The Hall–Kier alpha value is -1.82. The summed E-state index contributed by atoms with van der Waals surface area (Å²) in [4.78, 5) is 0. The lowest BCUT2D eigenvalue weighted by atomic mass is 9.75. The first-order valence-corrected chi connectivity index (χ1v) is 7.72. The third-order valence-corrected chi connectivity index (χ3v) is 4.38. The summed E-state index contributed by atoms with van der Waals surface area (Å²) >= 11 is 0. The maximum atomic E-state index is 2.44. The summed E-state index contributed by atoms with van der Waals surface area (Å²) in [5.74, 6) is 1.39. The van der Waals surface area contributed by atoms with Crippen molar-refractivity contribution in [3.63, 3.8) is 0 Å². The highest BCUT2D eigenvalue weighted by Gasteiger charge is 2.24. The molecule has 20 heavy (non-hydrogen) atoms. The van der Waals surface area contributed by atoms with Crippen molar-refractivity contribution in [3.05, 3.63) is 77.9 Å². The number of rotatable bonds is 3. The summed E-state index contributed by atoms with van der Waals surface area (Å²) in [7, 11) is 0. The molecule has 1 aliphatic carbocycles. The second-order valence-electron chi connectivity index (χ2n) is 5.74. The minimum Gasteiger partial charge on any atom is -0.0802 e. The molecule has 0 spiro atoms. The molecule has 2 unspecified atom stereocenters. The van der Waals surface area contributed by atoms with Crippen molar-refractivity contribution in [2.24, 2.45) is 5.92 Å². The Labute approximate surface area is 122 Å². The van der Waals surface area contributed by atoms with Crippen LogP contribution in [0.2, 0.25) is 0 Å². The molecule has 0 aromatic heterocycles. The highest BCUT2D eigenvalue weighted by Crippen LogP contribution is 2.38. The van der Waals surface area contributed by atoms with Gasteiger partial charge in [0, 0.05) is 0 Å². The lowest BCUT2D eigenvalue weighted by Crippen LogP contribution is -2.15. The Morgan fingerprint density at radius 1 is 0.750 bits per heavy atom. The van der Waals surface area contributed by atoms with Crippen LogP contribution >= 0.6 is 0 Å². The Morgan fingerprint density at radius 2 is 1.40 bits per heavy atom. The van der Waals surface area contributed by atoms with Crippen LogP contribution in [0.1, 0.15) is 42.7 Å². The number of benzene rings is 2. The molecule has 0 heteroatoms. The molecule has 1 aliphatic rings. The fourth-order valence-corrected chi connectivity index (χ4v) is 3.30. The van der Waals surface area contributed by atoms with Gasteiger partial charge < -0.3 is 0 Å². The summed E-state index contributed by atoms with van der Waals surface area (Å²) in [5, 5.41) is 0. The zero-order valence-corrected chi connectivity index (χ0v) is 11.9. The Bertz CT molecular complexity index is 539. The largest absolute Gasteiger partial charge is 0.0802 e. The van der Waals surface area contributed by atoms with E-state index in [9.17, 15) is 0 Å². The van der Waals surface area contributed by atoms with Crippen LogP contribution in [0.4, 0.5) is 0 Å². The molecule has 0 aliphatic heterocycles. The molecular weight excluding hydrogens is 240 g/mol. The van der Waals surface area contributed by atoms with Crippen molar-refractivity contribution >= 4 is 6.08 Å². The van der Waals surface area contributed by atoms with Gasteiger partial charge in [-0.3, -0.25) is 0 Å². The SMILES string of the molecule is C(=C\C1CCCCC1c1ccccc1)/c1ccccc1. The van der Waals surface area contributed by atoms with Crippen LogP contribution in [0.5, 0.6) is 0 Å². The van der Waals surface area contributed by atoms with E-state index >= 15 is 0 Å². The summed E-state index contributed by atoms with van der Waals surface area (Å²) in [6.07, 6.45) is 10.1. The third kappa shape index (κ3) is 3.19. The van der Waals surface area contributed by atoms with Gasteiger partial charge in [0.05, 0.1) is 0 Å². The first-order valence-electron chi connectivity index (χ1n) is 7.72. The lowest BCUT2D eigenvalue weighted by molar-refractivity contribution is 0.363. The van der Waals surface area contributed by atoms with Crippen molar-refractivity contribution in [1.29, 1.82) is 0 Å².